The molecule has 2 N–H and O–H groups in total. The van der Waals surface area contributed by atoms with Gasteiger partial charge in [-0.05, 0) is 64.6 Å². The van der Waals surface area contributed by atoms with Crippen LogP contribution in [0.15, 0.2) is 0 Å². The topological polar surface area (TPSA) is 52.6 Å². The second-order valence-corrected chi connectivity index (χ2v) is 6.19. The van der Waals surface area contributed by atoms with Crippen molar-refractivity contribution in [3.63, 3.8) is 0 Å². The largest absolute Gasteiger partial charge is 0.480 e. The van der Waals surface area contributed by atoms with Crippen LogP contribution in [0.4, 0.5) is 0 Å². The Balaban J connectivity index is 2.44. The lowest BCUT2D eigenvalue weighted by Gasteiger charge is -2.29. The molecule has 0 spiro atoms. The molecule has 0 radical (unpaired) electrons. The zero-order valence-electron chi connectivity index (χ0n) is 12.7. The van der Waals surface area contributed by atoms with Crippen LogP contribution in [0.5, 0.6) is 0 Å². The van der Waals surface area contributed by atoms with Crippen molar-refractivity contribution in [3.8, 4) is 0 Å². The standard InChI is InChI=1S/C15H30N2O2/c1-4-9-16-15(3,14(18)19)8-12-17-10-5-6-13(2)7-11-17/h13,16H,4-12H2,1-3H3,(H,18,19). The molecule has 0 amide bonds. The number of carboxylic acids is 1. The van der Waals surface area contributed by atoms with E-state index in [4.69, 9.17) is 0 Å². The Morgan fingerprint density at radius 2 is 2.16 bits per heavy atom. The van der Waals surface area contributed by atoms with E-state index < -0.39 is 11.5 Å². The van der Waals surface area contributed by atoms with Gasteiger partial charge in [-0.3, -0.25) is 4.79 Å². The van der Waals surface area contributed by atoms with Crippen LogP contribution in [0.2, 0.25) is 0 Å². The van der Waals surface area contributed by atoms with Crippen LogP contribution in [0.25, 0.3) is 0 Å². The molecule has 0 bridgehead atoms. The van der Waals surface area contributed by atoms with Crippen molar-refractivity contribution in [3.05, 3.63) is 0 Å². The first-order chi connectivity index (χ1) is 8.98. The predicted molar refractivity (Wildman–Crippen MR) is 78.4 cm³/mol. The minimum atomic E-state index is -0.784. The zero-order valence-corrected chi connectivity index (χ0v) is 12.7. The third-order valence-corrected chi connectivity index (χ3v) is 4.27. The summed E-state index contributed by atoms with van der Waals surface area (Å²) in [7, 11) is 0. The van der Waals surface area contributed by atoms with Crippen molar-refractivity contribution in [2.45, 2.75) is 58.4 Å². The van der Waals surface area contributed by atoms with E-state index in [0.717, 1.165) is 38.5 Å². The molecule has 0 aliphatic carbocycles. The van der Waals surface area contributed by atoms with E-state index >= 15 is 0 Å². The lowest BCUT2D eigenvalue weighted by atomic mass is 9.97. The normalized spacial score (nSPS) is 24.7. The second kappa shape index (κ2) is 7.85. The smallest absolute Gasteiger partial charge is 0.323 e. The van der Waals surface area contributed by atoms with Crippen LogP contribution in [0.1, 0.15) is 52.9 Å². The van der Waals surface area contributed by atoms with E-state index in [1.54, 1.807) is 0 Å². The summed E-state index contributed by atoms with van der Waals surface area (Å²) in [6, 6.07) is 0. The highest BCUT2D eigenvalue weighted by Gasteiger charge is 2.32. The molecule has 0 aromatic rings. The van der Waals surface area contributed by atoms with E-state index in [1.165, 1.54) is 19.3 Å². The Kier molecular flexibility index (Phi) is 6.80. The molecule has 4 heteroatoms. The van der Waals surface area contributed by atoms with Crippen LogP contribution in [-0.2, 0) is 4.79 Å². The lowest BCUT2D eigenvalue weighted by Crippen LogP contribution is -2.51. The molecule has 1 heterocycles. The van der Waals surface area contributed by atoms with Gasteiger partial charge in [-0.2, -0.15) is 0 Å². The molecule has 2 unspecified atom stereocenters. The molecular formula is C15H30N2O2. The van der Waals surface area contributed by atoms with Gasteiger partial charge in [0, 0.05) is 6.54 Å². The number of hydrogen-bond acceptors (Lipinski definition) is 3. The quantitative estimate of drug-likeness (QED) is 0.745. The van der Waals surface area contributed by atoms with Gasteiger partial charge in [0.1, 0.15) is 5.54 Å². The fourth-order valence-corrected chi connectivity index (χ4v) is 2.60. The summed E-state index contributed by atoms with van der Waals surface area (Å²) in [6.45, 7) is 10.1. The Labute approximate surface area is 117 Å². The highest BCUT2D eigenvalue weighted by atomic mass is 16.4. The average Bonchev–Trinajstić information content (AvgIpc) is 2.58. The van der Waals surface area contributed by atoms with E-state index in [9.17, 15) is 9.90 Å². The SMILES string of the molecule is CCCNC(C)(CCN1CCCC(C)CC1)C(=O)O. The van der Waals surface area contributed by atoms with Gasteiger partial charge in [0.15, 0.2) is 0 Å². The van der Waals surface area contributed by atoms with E-state index in [1.807, 2.05) is 6.92 Å². The molecule has 4 nitrogen and oxygen atoms in total. The van der Waals surface area contributed by atoms with Crippen LogP contribution in [-0.4, -0.2) is 47.7 Å². The molecule has 1 saturated heterocycles. The number of carboxylic acid groups (broad SMARTS) is 1. The van der Waals surface area contributed by atoms with Gasteiger partial charge >= 0.3 is 5.97 Å². The van der Waals surface area contributed by atoms with Gasteiger partial charge in [0.25, 0.3) is 0 Å². The molecule has 2 atom stereocenters. The van der Waals surface area contributed by atoms with Crippen LogP contribution >= 0.6 is 0 Å². The van der Waals surface area contributed by atoms with Crippen molar-refractivity contribution in [1.29, 1.82) is 0 Å². The number of aliphatic carboxylic acids is 1. The first-order valence-electron chi connectivity index (χ1n) is 7.68. The highest BCUT2D eigenvalue weighted by Crippen LogP contribution is 2.18. The molecule has 112 valence electrons. The monoisotopic (exact) mass is 270 g/mol. The van der Waals surface area contributed by atoms with Gasteiger partial charge in [-0.1, -0.05) is 13.8 Å². The van der Waals surface area contributed by atoms with Crippen LogP contribution in [0.3, 0.4) is 0 Å². The highest BCUT2D eigenvalue weighted by molar-refractivity contribution is 5.78. The first-order valence-corrected chi connectivity index (χ1v) is 7.68. The van der Waals surface area contributed by atoms with Gasteiger partial charge < -0.3 is 15.3 Å². The van der Waals surface area contributed by atoms with Crippen molar-refractivity contribution < 1.29 is 9.90 Å². The number of rotatable bonds is 7. The Morgan fingerprint density at radius 3 is 2.79 bits per heavy atom. The number of nitrogens with one attached hydrogen (secondary N) is 1. The number of likely N-dealkylation sites (tertiary alicyclic amines) is 1. The Bertz CT molecular complexity index is 283. The zero-order chi connectivity index (χ0) is 14.3. The Morgan fingerprint density at radius 1 is 1.42 bits per heavy atom. The molecule has 1 rings (SSSR count). The third-order valence-electron chi connectivity index (χ3n) is 4.27. The van der Waals surface area contributed by atoms with Crippen molar-refractivity contribution in [2.75, 3.05) is 26.2 Å². The summed E-state index contributed by atoms with van der Waals surface area (Å²) in [5.41, 5.74) is -0.784. The Hall–Kier alpha value is -0.610. The van der Waals surface area contributed by atoms with Gasteiger partial charge in [0.2, 0.25) is 0 Å². The summed E-state index contributed by atoms with van der Waals surface area (Å²) in [5, 5.41) is 12.6. The summed E-state index contributed by atoms with van der Waals surface area (Å²) in [4.78, 5) is 13.9. The average molecular weight is 270 g/mol. The van der Waals surface area contributed by atoms with Crippen molar-refractivity contribution >= 4 is 5.97 Å². The van der Waals surface area contributed by atoms with Gasteiger partial charge in [0.05, 0.1) is 0 Å². The number of hydrogen-bond donors (Lipinski definition) is 2. The molecule has 0 saturated carbocycles. The molecule has 1 fully saturated rings. The van der Waals surface area contributed by atoms with Crippen molar-refractivity contribution in [1.82, 2.24) is 10.2 Å². The molecule has 19 heavy (non-hydrogen) atoms. The maximum absolute atomic E-state index is 11.4. The summed E-state index contributed by atoms with van der Waals surface area (Å²) in [5.74, 6) is 0.0817. The fraction of sp³-hybridized carbons (Fsp3) is 0.933. The van der Waals surface area contributed by atoms with Gasteiger partial charge in [-0.15, -0.1) is 0 Å². The molecule has 1 aliphatic rings. The number of carbonyl (C=O) groups is 1. The third kappa shape index (κ3) is 5.49. The van der Waals surface area contributed by atoms with Gasteiger partial charge in [-0.25, -0.2) is 0 Å². The molecular weight excluding hydrogens is 240 g/mol. The predicted octanol–water partition coefficient (Wildman–Crippen LogP) is 2.34. The van der Waals surface area contributed by atoms with Crippen molar-refractivity contribution in [2.24, 2.45) is 5.92 Å². The fourth-order valence-electron chi connectivity index (χ4n) is 2.60. The van der Waals surface area contributed by atoms with E-state index in [-0.39, 0.29) is 0 Å². The van der Waals surface area contributed by atoms with Crippen LogP contribution < -0.4 is 5.32 Å². The molecule has 1 aliphatic heterocycles. The van der Waals surface area contributed by atoms with E-state index in [0.29, 0.717) is 6.42 Å². The minimum absolute atomic E-state index is 0.677. The van der Waals surface area contributed by atoms with E-state index in [2.05, 4.69) is 24.1 Å². The maximum Gasteiger partial charge on any atom is 0.323 e. The summed E-state index contributed by atoms with van der Waals surface area (Å²) < 4.78 is 0. The maximum atomic E-state index is 11.4. The number of nitrogens with zero attached hydrogens (tertiary/aromatic N) is 1. The molecule has 0 aromatic carbocycles. The lowest BCUT2D eigenvalue weighted by molar-refractivity contribution is -0.144. The first kappa shape index (κ1) is 16.4. The summed E-state index contributed by atoms with van der Waals surface area (Å²) >= 11 is 0. The minimum Gasteiger partial charge on any atom is -0.480 e. The second-order valence-electron chi connectivity index (χ2n) is 6.19. The molecule has 0 aromatic heterocycles. The summed E-state index contributed by atoms with van der Waals surface area (Å²) in [6.07, 6.45) is 5.43. The van der Waals surface area contributed by atoms with Crippen LogP contribution in [0, 0.1) is 5.92 Å².